The third-order valence-electron chi connectivity index (χ3n) is 3.23. The lowest BCUT2D eigenvalue weighted by Gasteiger charge is -2.05. The van der Waals surface area contributed by atoms with Crippen molar-refractivity contribution < 1.29 is 14.3 Å². The Morgan fingerprint density at radius 2 is 1.72 bits per heavy atom. The molecule has 0 heterocycles. The smallest absolute Gasteiger partial charge is 0.277 e. The highest BCUT2D eigenvalue weighted by molar-refractivity contribution is 14.1. The number of halogens is 1. The first-order valence-corrected chi connectivity index (χ1v) is 9.18. The van der Waals surface area contributed by atoms with Crippen molar-refractivity contribution >= 4 is 34.7 Å². The van der Waals surface area contributed by atoms with Gasteiger partial charge in [-0.15, -0.1) is 0 Å². The molecule has 0 saturated carbocycles. The number of carbonyl (C=O) groups excluding carboxylic acids is 1. The van der Waals surface area contributed by atoms with Crippen molar-refractivity contribution in [2.24, 2.45) is 5.10 Å². The number of hydrogen-bond acceptors (Lipinski definition) is 4. The van der Waals surface area contributed by atoms with Crippen molar-refractivity contribution in [3.8, 4) is 11.5 Å². The van der Waals surface area contributed by atoms with Gasteiger partial charge in [-0.25, -0.2) is 5.43 Å². The molecule has 0 fully saturated rings. The second kappa shape index (κ2) is 10.7. The van der Waals surface area contributed by atoms with E-state index in [4.69, 9.17) is 9.47 Å². The largest absolute Gasteiger partial charge is 0.494 e. The van der Waals surface area contributed by atoms with Crippen molar-refractivity contribution in [2.45, 2.75) is 19.8 Å². The lowest BCUT2D eigenvalue weighted by molar-refractivity contribution is -0.123. The quantitative estimate of drug-likeness (QED) is 0.271. The first-order chi connectivity index (χ1) is 12.2. The van der Waals surface area contributed by atoms with E-state index in [9.17, 15) is 4.79 Å². The molecule has 0 aromatic heterocycles. The van der Waals surface area contributed by atoms with Crippen LogP contribution in [0.4, 0.5) is 0 Å². The molecule has 2 rings (SSSR count). The van der Waals surface area contributed by atoms with Crippen LogP contribution in [-0.2, 0) is 4.79 Å². The Balaban J connectivity index is 1.72. The summed E-state index contributed by atoms with van der Waals surface area (Å²) in [5, 5.41) is 3.93. The lowest BCUT2D eigenvalue weighted by Crippen LogP contribution is -2.24. The number of unbranched alkanes of at least 4 members (excludes halogenated alkanes) is 1. The third-order valence-corrected chi connectivity index (χ3v) is 3.95. The number of nitrogens with zero attached hydrogens (tertiary/aromatic N) is 1. The maximum Gasteiger partial charge on any atom is 0.277 e. The topological polar surface area (TPSA) is 59.9 Å². The van der Waals surface area contributed by atoms with Crippen LogP contribution in [0.5, 0.6) is 11.5 Å². The second-order valence-electron chi connectivity index (χ2n) is 5.31. The van der Waals surface area contributed by atoms with E-state index in [1.54, 1.807) is 6.21 Å². The van der Waals surface area contributed by atoms with Gasteiger partial charge in [-0.05, 0) is 83.1 Å². The molecule has 132 valence electrons. The van der Waals surface area contributed by atoms with Crippen LogP contribution < -0.4 is 14.9 Å². The molecule has 0 radical (unpaired) electrons. The predicted molar refractivity (Wildman–Crippen MR) is 107 cm³/mol. The normalized spacial score (nSPS) is 10.6. The van der Waals surface area contributed by atoms with Gasteiger partial charge in [0.15, 0.2) is 6.61 Å². The van der Waals surface area contributed by atoms with Crippen LogP contribution in [-0.4, -0.2) is 25.3 Å². The van der Waals surface area contributed by atoms with E-state index in [-0.39, 0.29) is 12.5 Å². The van der Waals surface area contributed by atoms with Crippen LogP contribution in [0.15, 0.2) is 53.6 Å². The molecule has 0 spiro atoms. The molecule has 0 unspecified atom stereocenters. The number of hydrazone groups is 1. The van der Waals surface area contributed by atoms with Gasteiger partial charge in [0.1, 0.15) is 11.5 Å². The second-order valence-corrected chi connectivity index (χ2v) is 6.55. The number of hydrogen-bond donors (Lipinski definition) is 1. The van der Waals surface area contributed by atoms with Crippen LogP contribution >= 0.6 is 22.6 Å². The van der Waals surface area contributed by atoms with Gasteiger partial charge in [0.05, 0.1) is 12.8 Å². The van der Waals surface area contributed by atoms with Gasteiger partial charge in [-0.3, -0.25) is 4.79 Å². The third kappa shape index (κ3) is 7.55. The van der Waals surface area contributed by atoms with Gasteiger partial charge in [0.2, 0.25) is 0 Å². The zero-order valence-electron chi connectivity index (χ0n) is 14.1. The fourth-order valence-electron chi connectivity index (χ4n) is 1.88. The number of benzene rings is 2. The molecule has 2 aromatic carbocycles. The molecule has 0 aliphatic carbocycles. The summed E-state index contributed by atoms with van der Waals surface area (Å²) in [6.45, 7) is 2.77. The SMILES string of the molecule is CCCCOc1ccc(/C=N/NC(=O)COc2ccc(I)cc2)cc1. The zero-order valence-corrected chi connectivity index (χ0v) is 16.2. The van der Waals surface area contributed by atoms with Crippen molar-refractivity contribution in [1.29, 1.82) is 0 Å². The van der Waals surface area contributed by atoms with Crippen LogP contribution in [0.3, 0.4) is 0 Å². The Labute approximate surface area is 161 Å². The number of ether oxygens (including phenoxy) is 2. The van der Waals surface area contributed by atoms with Gasteiger partial charge in [-0.2, -0.15) is 5.10 Å². The average Bonchev–Trinajstić information content (AvgIpc) is 2.63. The van der Waals surface area contributed by atoms with Gasteiger partial charge < -0.3 is 9.47 Å². The van der Waals surface area contributed by atoms with Crippen molar-refractivity contribution in [2.75, 3.05) is 13.2 Å². The molecule has 5 nitrogen and oxygen atoms in total. The number of carbonyl (C=O) groups is 1. The lowest BCUT2D eigenvalue weighted by atomic mass is 10.2. The van der Waals surface area contributed by atoms with Crippen LogP contribution in [0.25, 0.3) is 0 Å². The van der Waals surface area contributed by atoms with Crippen LogP contribution in [0.2, 0.25) is 0 Å². The molecule has 0 atom stereocenters. The molecular weight excluding hydrogens is 431 g/mol. The van der Waals surface area contributed by atoms with E-state index in [2.05, 4.69) is 40.0 Å². The van der Waals surface area contributed by atoms with Crippen molar-refractivity contribution in [1.82, 2.24) is 5.43 Å². The van der Waals surface area contributed by atoms with E-state index in [0.717, 1.165) is 34.3 Å². The van der Waals surface area contributed by atoms with Crippen molar-refractivity contribution in [3.05, 3.63) is 57.7 Å². The maximum absolute atomic E-state index is 11.7. The summed E-state index contributed by atoms with van der Waals surface area (Å²) in [6.07, 6.45) is 3.73. The minimum absolute atomic E-state index is 0.0812. The van der Waals surface area contributed by atoms with E-state index >= 15 is 0 Å². The van der Waals surface area contributed by atoms with Crippen molar-refractivity contribution in [3.63, 3.8) is 0 Å². The van der Waals surface area contributed by atoms with Gasteiger partial charge in [0.25, 0.3) is 5.91 Å². The summed E-state index contributed by atoms with van der Waals surface area (Å²) in [6, 6.07) is 15.0. The highest BCUT2D eigenvalue weighted by Crippen LogP contribution is 2.13. The van der Waals surface area contributed by atoms with E-state index < -0.39 is 0 Å². The summed E-state index contributed by atoms with van der Waals surface area (Å²) in [5.74, 6) is 1.17. The monoisotopic (exact) mass is 452 g/mol. The fourth-order valence-corrected chi connectivity index (χ4v) is 2.23. The molecule has 0 bridgehead atoms. The summed E-state index contributed by atoms with van der Waals surface area (Å²) < 4.78 is 12.1. The highest BCUT2D eigenvalue weighted by atomic mass is 127. The molecule has 1 N–H and O–H groups in total. The molecular formula is C19H21IN2O3. The highest BCUT2D eigenvalue weighted by Gasteiger charge is 2.01. The Morgan fingerprint density at radius 1 is 1.08 bits per heavy atom. The molecule has 0 saturated heterocycles. The number of amides is 1. The first kappa shape index (κ1) is 19.2. The molecule has 0 aliphatic heterocycles. The van der Waals surface area contributed by atoms with Crippen LogP contribution in [0, 0.1) is 3.57 Å². The van der Waals surface area contributed by atoms with Gasteiger partial charge in [0, 0.05) is 3.57 Å². The minimum atomic E-state index is -0.311. The van der Waals surface area contributed by atoms with E-state index in [1.807, 2.05) is 48.5 Å². The zero-order chi connectivity index (χ0) is 17.9. The van der Waals surface area contributed by atoms with E-state index in [1.165, 1.54) is 0 Å². The molecule has 6 heteroatoms. The van der Waals surface area contributed by atoms with Crippen LogP contribution in [0.1, 0.15) is 25.3 Å². The number of nitrogens with one attached hydrogen (secondary N) is 1. The molecule has 0 aliphatic rings. The Morgan fingerprint density at radius 3 is 2.40 bits per heavy atom. The first-order valence-electron chi connectivity index (χ1n) is 8.10. The summed E-state index contributed by atoms with van der Waals surface area (Å²) in [5.41, 5.74) is 3.32. The maximum atomic E-state index is 11.7. The molecule has 1 amide bonds. The molecule has 2 aromatic rings. The summed E-state index contributed by atoms with van der Waals surface area (Å²) in [4.78, 5) is 11.7. The van der Waals surface area contributed by atoms with Gasteiger partial charge >= 0.3 is 0 Å². The summed E-state index contributed by atoms with van der Waals surface area (Å²) >= 11 is 2.21. The average molecular weight is 452 g/mol. The minimum Gasteiger partial charge on any atom is -0.494 e. The standard InChI is InChI=1S/C19H21IN2O3/c1-2-3-12-24-17-8-4-15(5-9-17)13-21-22-19(23)14-25-18-10-6-16(20)7-11-18/h4-11,13H,2-3,12,14H2,1H3,(H,22,23)/b21-13+. The Kier molecular flexibility index (Phi) is 8.24. The molecule has 25 heavy (non-hydrogen) atoms. The number of rotatable bonds is 9. The fraction of sp³-hybridized carbons (Fsp3) is 0.263. The predicted octanol–water partition coefficient (Wildman–Crippen LogP) is 4.00. The van der Waals surface area contributed by atoms with Gasteiger partial charge in [-0.1, -0.05) is 13.3 Å². The summed E-state index contributed by atoms with van der Waals surface area (Å²) in [7, 11) is 0. The Bertz CT molecular complexity index is 685. The Hall–Kier alpha value is -2.09. The van der Waals surface area contributed by atoms with E-state index in [0.29, 0.717) is 5.75 Å².